The van der Waals surface area contributed by atoms with Crippen molar-refractivity contribution in [2.24, 2.45) is 0 Å². The van der Waals surface area contributed by atoms with Crippen LogP contribution < -0.4 is 4.72 Å². The summed E-state index contributed by atoms with van der Waals surface area (Å²) in [5, 5.41) is 9.57. The van der Waals surface area contributed by atoms with Gasteiger partial charge in [-0.1, -0.05) is 42.0 Å². The quantitative estimate of drug-likeness (QED) is 0.476. The van der Waals surface area contributed by atoms with Crippen LogP contribution in [0.5, 0.6) is 0 Å². The van der Waals surface area contributed by atoms with Crippen molar-refractivity contribution in [3.8, 4) is 0 Å². The van der Waals surface area contributed by atoms with Crippen molar-refractivity contribution in [3.63, 3.8) is 0 Å². The van der Waals surface area contributed by atoms with Crippen molar-refractivity contribution in [1.29, 1.82) is 0 Å². The first-order valence-corrected chi connectivity index (χ1v) is 11.7. The Hall–Kier alpha value is -2.48. The fraction of sp³-hybridized carbons (Fsp3) is 0.375. The number of rotatable bonds is 8. The van der Waals surface area contributed by atoms with Gasteiger partial charge in [0.25, 0.3) is 0 Å². The number of hydrogen-bond donors (Lipinski definition) is 2. The average molecular weight is 446 g/mol. The molecule has 0 spiro atoms. The van der Waals surface area contributed by atoms with E-state index < -0.39 is 21.5 Å². The Morgan fingerprint density at radius 2 is 1.52 bits per heavy atom. The second kappa shape index (κ2) is 10.2. The van der Waals surface area contributed by atoms with E-state index in [1.165, 1.54) is 12.1 Å². The van der Waals surface area contributed by atoms with Gasteiger partial charge < -0.3 is 9.84 Å². The summed E-state index contributed by atoms with van der Waals surface area (Å²) in [5.41, 5.74) is 2.86. The van der Waals surface area contributed by atoms with Gasteiger partial charge in [-0.15, -0.1) is 0 Å². The third kappa shape index (κ3) is 6.75. The second-order valence-corrected chi connectivity index (χ2v) is 9.98. The number of ether oxygens (including phenoxy) is 1. The first-order chi connectivity index (χ1) is 14.5. The molecule has 31 heavy (non-hydrogen) atoms. The molecule has 0 saturated carbocycles. The van der Waals surface area contributed by atoms with Gasteiger partial charge in [0.1, 0.15) is 0 Å². The maximum atomic E-state index is 12.7. The van der Waals surface area contributed by atoms with E-state index in [4.69, 9.17) is 4.74 Å². The number of carbonyl (C=O) groups is 1. The van der Waals surface area contributed by atoms with Gasteiger partial charge in [-0.3, -0.25) is 0 Å². The predicted molar refractivity (Wildman–Crippen MR) is 122 cm³/mol. The molecule has 0 fully saturated rings. The molecule has 2 rings (SSSR count). The molecule has 0 atom stereocenters. The van der Waals surface area contributed by atoms with Crippen molar-refractivity contribution in [3.05, 3.63) is 70.8 Å². The zero-order valence-electron chi connectivity index (χ0n) is 18.7. The van der Waals surface area contributed by atoms with Crippen molar-refractivity contribution in [2.75, 3.05) is 13.2 Å². The number of aliphatic hydroxyl groups excluding tert-OH is 1. The largest absolute Gasteiger partial charge is 0.463 e. The number of esters is 1. The normalized spacial score (nSPS) is 13.0. The summed E-state index contributed by atoms with van der Waals surface area (Å²) in [7, 11) is -3.68. The van der Waals surface area contributed by atoms with Gasteiger partial charge in [0.15, 0.2) is 0 Å². The lowest BCUT2D eigenvalue weighted by atomic mass is 9.91. The Bertz CT molecular complexity index is 1030. The average Bonchev–Trinajstić information content (AvgIpc) is 2.68. The fourth-order valence-corrected chi connectivity index (χ4v) is 4.58. The highest BCUT2D eigenvalue weighted by molar-refractivity contribution is 7.89. The molecule has 0 aliphatic carbocycles. The van der Waals surface area contributed by atoms with E-state index in [0.717, 1.165) is 11.1 Å². The van der Waals surface area contributed by atoms with E-state index in [2.05, 4.69) is 4.72 Å². The molecule has 0 heterocycles. The predicted octanol–water partition coefficient (Wildman–Crippen LogP) is 3.82. The first kappa shape index (κ1) is 24.8. The van der Waals surface area contributed by atoms with E-state index in [1.807, 2.05) is 31.2 Å². The first-order valence-electron chi connectivity index (χ1n) is 10.2. The summed E-state index contributed by atoms with van der Waals surface area (Å²) in [5.74, 6) is -0.502. The molecule has 7 heteroatoms. The minimum Gasteiger partial charge on any atom is -0.463 e. The lowest BCUT2D eigenvalue weighted by molar-refractivity contribution is -0.138. The SMILES string of the molecule is CCOC(=O)/C(CCO)=C(\c1ccc(C)cc1)c1ccc(S(=O)(=O)NC(C)(C)C)cc1. The molecule has 0 saturated heterocycles. The molecule has 168 valence electrons. The molecule has 0 aliphatic rings. The molecular weight excluding hydrogens is 414 g/mol. The van der Waals surface area contributed by atoms with Crippen LogP contribution in [-0.4, -0.2) is 38.2 Å². The molecule has 0 unspecified atom stereocenters. The van der Waals surface area contributed by atoms with Crippen LogP contribution in [0.3, 0.4) is 0 Å². The van der Waals surface area contributed by atoms with Gasteiger partial charge in [-0.05, 0) is 63.5 Å². The van der Waals surface area contributed by atoms with Crippen LogP contribution in [0.1, 0.15) is 50.8 Å². The van der Waals surface area contributed by atoms with Crippen molar-refractivity contribution >= 4 is 21.6 Å². The summed E-state index contributed by atoms with van der Waals surface area (Å²) in [6, 6.07) is 14.0. The standard InChI is InChI=1S/C24H31NO5S/c1-6-30-23(27)21(15-16-26)22(18-9-7-17(2)8-10-18)19-11-13-20(14-12-19)31(28,29)25-24(3,4)5/h7-14,25-26H,6,15-16H2,1-5H3/b22-21+. The molecule has 0 aliphatic heterocycles. The van der Waals surface area contributed by atoms with Crippen LogP contribution in [0.4, 0.5) is 0 Å². The monoisotopic (exact) mass is 445 g/mol. The Labute approximate surface area is 185 Å². The van der Waals surface area contributed by atoms with Gasteiger partial charge in [-0.25, -0.2) is 17.9 Å². The Balaban J connectivity index is 2.63. The highest BCUT2D eigenvalue weighted by Gasteiger charge is 2.23. The number of sulfonamides is 1. The van der Waals surface area contributed by atoms with E-state index in [9.17, 15) is 18.3 Å². The van der Waals surface area contributed by atoms with Crippen LogP contribution in [0.25, 0.3) is 5.57 Å². The second-order valence-electron chi connectivity index (χ2n) is 8.29. The Morgan fingerprint density at radius 1 is 1.00 bits per heavy atom. The Kier molecular flexibility index (Phi) is 8.17. The van der Waals surface area contributed by atoms with E-state index in [-0.39, 0.29) is 24.5 Å². The highest BCUT2D eigenvalue weighted by atomic mass is 32.2. The minimum absolute atomic E-state index is 0.119. The summed E-state index contributed by atoms with van der Waals surface area (Å²) < 4.78 is 33.1. The lowest BCUT2D eigenvalue weighted by Gasteiger charge is -2.20. The molecule has 2 aromatic carbocycles. The number of nitrogens with one attached hydrogen (secondary N) is 1. The lowest BCUT2D eigenvalue weighted by Crippen LogP contribution is -2.40. The topological polar surface area (TPSA) is 92.7 Å². The van der Waals surface area contributed by atoms with Gasteiger partial charge in [0.05, 0.1) is 11.5 Å². The van der Waals surface area contributed by atoms with Gasteiger partial charge in [0.2, 0.25) is 10.0 Å². The smallest absolute Gasteiger partial charge is 0.334 e. The number of hydrogen-bond acceptors (Lipinski definition) is 5. The molecule has 0 amide bonds. The van der Waals surface area contributed by atoms with Gasteiger partial charge in [-0.2, -0.15) is 0 Å². The maximum absolute atomic E-state index is 12.7. The summed E-state index contributed by atoms with van der Waals surface area (Å²) in [6.45, 7) is 9.01. The van der Waals surface area contributed by atoms with Crippen LogP contribution in [0.15, 0.2) is 59.0 Å². The highest BCUT2D eigenvalue weighted by Crippen LogP contribution is 2.30. The minimum atomic E-state index is -3.68. The molecular formula is C24H31NO5S. The van der Waals surface area contributed by atoms with E-state index in [1.54, 1.807) is 39.8 Å². The number of carbonyl (C=O) groups excluding carboxylic acids is 1. The van der Waals surface area contributed by atoms with Crippen molar-refractivity contribution in [1.82, 2.24) is 4.72 Å². The summed E-state index contributed by atoms with van der Waals surface area (Å²) in [6.07, 6.45) is 0.119. The third-order valence-corrected chi connectivity index (χ3v) is 6.19. The molecule has 2 N–H and O–H groups in total. The van der Waals surface area contributed by atoms with Gasteiger partial charge in [0, 0.05) is 24.1 Å². The van der Waals surface area contributed by atoms with E-state index in [0.29, 0.717) is 16.7 Å². The summed E-state index contributed by atoms with van der Waals surface area (Å²) in [4.78, 5) is 12.8. The number of aryl methyl sites for hydroxylation is 1. The molecule has 2 aromatic rings. The zero-order valence-corrected chi connectivity index (χ0v) is 19.5. The molecule has 6 nitrogen and oxygen atoms in total. The molecule has 0 bridgehead atoms. The van der Waals surface area contributed by atoms with Crippen LogP contribution in [0.2, 0.25) is 0 Å². The fourth-order valence-electron chi connectivity index (χ4n) is 3.16. The van der Waals surface area contributed by atoms with Crippen molar-refractivity contribution < 1.29 is 23.1 Å². The van der Waals surface area contributed by atoms with Crippen LogP contribution in [-0.2, 0) is 19.6 Å². The summed E-state index contributed by atoms with van der Waals surface area (Å²) >= 11 is 0. The van der Waals surface area contributed by atoms with Crippen molar-refractivity contribution in [2.45, 2.75) is 51.5 Å². The molecule has 0 radical (unpaired) electrons. The Morgan fingerprint density at radius 3 is 1.97 bits per heavy atom. The zero-order chi connectivity index (χ0) is 23.2. The maximum Gasteiger partial charge on any atom is 0.334 e. The van der Waals surface area contributed by atoms with Crippen LogP contribution >= 0.6 is 0 Å². The number of aliphatic hydroxyl groups is 1. The number of benzene rings is 2. The third-order valence-electron chi connectivity index (χ3n) is 4.42. The van der Waals surface area contributed by atoms with Gasteiger partial charge >= 0.3 is 5.97 Å². The molecule has 0 aromatic heterocycles. The van der Waals surface area contributed by atoms with E-state index >= 15 is 0 Å². The van der Waals surface area contributed by atoms with Crippen LogP contribution in [0, 0.1) is 6.92 Å².